The molecule has 1 aliphatic heterocycles. The molecule has 0 atom stereocenters. The van der Waals surface area contributed by atoms with Gasteiger partial charge in [0, 0.05) is 30.5 Å². The Labute approximate surface area is 133 Å². The van der Waals surface area contributed by atoms with Gasteiger partial charge in [0.05, 0.1) is 7.11 Å². The number of methoxy groups -OCH3 is 1. The summed E-state index contributed by atoms with van der Waals surface area (Å²) in [6.07, 6.45) is 1.04. The van der Waals surface area contributed by atoms with Crippen molar-refractivity contribution in [1.29, 1.82) is 0 Å². The molecule has 1 aromatic heterocycles. The third kappa shape index (κ3) is 3.77. The Balaban J connectivity index is 2.28. The number of hydrogen-bond donors (Lipinski definition) is 0. The summed E-state index contributed by atoms with van der Waals surface area (Å²) in [5.41, 5.74) is 0.140. The molecule has 0 aliphatic carbocycles. The lowest BCUT2D eigenvalue weighted by Crippen LogP contribution is -2.26. The van der Waals surface area contributed by atoms with Gasteiger partial charge in [0.25, 0.3) is 0 Å². The van der Waals surface area contributed by atoms with E-state index in [9.17, 15) is 9.59 Å². The summed E-state index contributed by atoms with van der Waals surface area (Å²) in [6.45, 7) is 7.68. The lowest BCUT2D eigenvalue weighted by atomic mass is 10.1. The van der Waals surface area contributed by atoms with Crippen LogP contribution < -0.4 is 4.90 Å². The highest BCUT2D eigenvalue weighted by molar-refractivity contribution is 8.00. The van der Waals surface area contributed by atoms with Crippen molar-refractivity contribution in [3.63, 3.8) is 0 Å². The number of carbonyl (C=O) groups is 2. The molecule has 0 amide bonds. The molecule has 0 aromatic carbocycles. The van der Waals surface area contributed by atoms with Gasteiger partial charge in [0.1, 0.15) is 4.88 Å². The molecule has 0 saturated carbocycles. The quantitative estimate of drug-likeness (QED) is 0.628. The molecular weight excluding hydrogens is 308 g/mol. The fourth-order valence-corrected chi connectivity index (χ4v) is 4.23. The van der Waals surface area contributed by atoms with E-state index in [4.69, 9.17) is 4.74 Å². The molecule has 116 valence electrons. The summed E-state index contributed by atoms with van der Waals surface area (Å²) in [5, 5.41) is 0.735. The number of ether oxygens (including phenoxy) is 1. The number of rotatable bonds is 3. The van der Waals surface area contributed by atoms with E-state index < -0.39 is 5.97 Å². The molecule has 1 aliphatic rings. The van der Waals surface area contributed by atoms with E-state index in [-0.39, 0.29) is 16.2 Å². The number of nitrogens with zero attached hydrogens (tertiary/aromatic N) is 2. The number of esters is 1. The minimum absolute atomic E-state index is 0.140. The van der Waals surface area contributed by atoms with Gasteiger partial charge in [-0.15, -0.1) is 0 Å². The number of ketones is 1. The van der Waals surface area contributed by atoms with Crippen molar-refractivity contribution >= 4 is 40.0 Å². The number of thioether (sulfide) groups is 1. The first kappa shape index (κ1) is 16.3. The number of hydrogen-bond acceptors (Lipinski definition) is 7. The molecule has 21 heavy (non-hydrogen) atoms. The Morgan fingerprint density at radius 3 is 2.67 bits per heavy atom. The van der Waals surface area contributed by atoms with E-state index in [0.717, 1.165) is 30.4 Å². The fraction of sp³-hybridized carbons (Fsp3) is 0.643. The lowest BCUT2D eigenvalue weighted by molar-refractivity contribution is 0.0591. The molecule has 1 fully saturated rings. The molecule has 1 saturated heterocycles. The average Bonchev–Trinajstić information content (AvgIpc) is 2.78. The van der Waals surface area contributed by atoms with Crippen LogP contribution in [0.25, 0.3) is 0 Å². The zero-order chi connectivity index (χ0) is 15.6. The SMILES string of the molecule is COC(=O)c1nc(N2CCSC(C)(C)CC2)sc1C(C)=O. The fourth-order valence-electron chi connectivity index (χ4n) is 2.13. The van der Waals surface area contributed by atoms with Gasteiger partial charge in [-0.3, -0.25) is 4.79 Å². The van der Waals surface area contributed by atoms with E-state index in [1.807, 2.05) is 11.8 Å². The molecule has 1 aromatic rings. The molecule has 5 nitrogen and oxygen atoms in total. The summed E-state index contributed by atoms with van der Waals surface area (Å²) in [4.78, 5) is 30.3. The maximum atomic E-state index is 11.8. The maximum Gasteiger partial charge on any atom is 0.358 e. The second-order valence-electron chi connectivity index (χ2n) is 5.57. The molecule has 0 spiro atoms. The standard InChI is InChI=1S/C14H20N2O3S2/c1-9(17)11-10(12(18)19-4)15-13(21-11)16-6-5-14(2,3)20-8-7-16/h5-8H2,1-4H3. The summed E-state index contributed by atoms with van der Waals surface area (Å²) in [6, 6.07) is 0. The zero-order valence-electron chi connectivity index (χ0n) is 12.8. The number of Topliss-reactive ketones (excluding diaryl/α,β-unsaturated/α-hetero) is 1. The summed E-state index contributed by atoms with van der Waals surface area (Å²) >= 11 is 3.23. The Morgan fingerprint density at radius 1 is 1.33 bits per heavy atom. The van der Waals surface area contributed by atoms with E-state index >= 15 is 0 Å². The van der Waals surface area contributed by atoms with Gasteiger partial charge in [-0.1, -0.05) is 25.2 Å². The first-order valence-electron chi connectivity index (χ1n) is 6.83. The van der Waals surface area contributed by atoms with E-state index in [1.165, 1.54) is 25.4 Å². The monoisotopic (exact) mass is 328 g/mol. The van der Waals surface area contributed by atoms with Crippen molar-refractivity contribution in [3.05, 3.63) is 10.6 Å². The summed E-state index contributed by atoms with van der Waals surface area (Å²) in [7, 11) is 1.30. The topological polar surface area (TPSA) is 59.5 Å². The van der Waals surface area contributed by atoms with Gasteiger partial charge in [-0.25, -0.2) is 9.78 Å². The van der Waals surface area contributed by atoms with Gasteiger partial charge < -0.3 is 9.64 Å². The Bertz CT molecular complexity index is 554. The number of aromatic nitrogens is 1. The Kier molecular flexibility index (Phi) is 4.93. The first-order chi connectivity index (χ1) is 9.84. The number of carbonyl (C=O) groups excluding carboxylic acids is 2. The largest absolute Gasteiger partial charge is 0.464 e. The predicted octanol–water partition coefficient (Wildman–Crippen LogP) is 2.85. The van der Waals surface area contributed by atoms with E-state index in [1.54, 1.807) is 0 Å². The van der Waals surface area contributed by atoms with Crippen LogP contribution in [0.2, 0.25) is 0 Å². The van der Waals surface area contributed by atoms with Crippen LogP contribution >= 0.6 is 23.1 Å². The van der Waals surface area contributed by atoms with E-state index in [0.29, 0.717) is 4.88 Å². The summed E-state index contributed by atoms with van der Waals surface area (Å²) < 4.78 is 4.97. The minimum atomic E-state index is -0.549. The van der Waals surface area contributed by atoms with Crippen molar-refractivity contribution in [2.75, 3.05) is 30.9 Å². The van der Waals surface area contributed by atoms with Gasteiger partial charge in [-0.05, 0) is 6.42 Å². The smallest absolute Gasteiger partial charge is 0.358 e. The molecule has 0 radical (unpaired) electrons. The molecule has 7 heteroatoms. The third-order valence-electron chi connectivity index (χ3n) is 3.42. The molecule has 2 heterocycles. The normalized spacial score (nSPS) is 18.2. The van der Waals surface area contributed by atoms with Crippen molar-refractivity contribution < 1.29 is 14.3 Å². The highest BCUT2D eigenvalue weighted by Crippen LogP contribution is 2.34. The third-order valence-corrected chi connectivity index (χ3v) is 6.01. The number of thiazole rings is 1. The van der Waals surface area contributed by atoms with Crippen LogP contribution in [0.15, 0.2) is 0 Å². The van der Waals surface area contributed by atoms with Gasteiger partial charge in [0.2, 0.25) is 0 Å². The van der Waals surface area contributed by atoms with Gasteiger partial charge >= 0.3 is 5.97 Å². The zero-order valence-corrected chi connectivity index (χ0v) is 14.4. The molecular formula is C14H20N2O3S2. The minimum Gasteiger partial charge on any atom is -0.464 e. The van der Waals surface area contributed by atoms with E-state index in [2.05, 4.69) is 23.7 Å². The van der Waals surface area contributed by atoms with Crippen molar-refractivity contribution in [1.82, 2.24) is 4.98 Å². The molecule has 0 unspecified atom stereocenters. The van der Waals surface area contributed by atoms with Crippen LogP contribution in [0.3, 0.4) is 0 Å². The lowest BCUT2D eigenvalue weighted by Gasteiger charge is -2.22. The molecule has 0 bridgehead atoms. The Hall–Kier alpha value is -1.08. The molecule has 0 N–H and O–H groups in total. The van der Waals surface area contributed by atoms with Crippen LogP contribution in [0.4, 0.5) is 5.13 Å². The van der Waals surface area contributed by atoms with Crippen molar-refractivity contribution in [2.45, 2.75) is 31.9 Å². The van der Waals surface area contributed by atoms with Crippen LogP contribution in [0.1, 0.15) is 47.4 Å². The van der Waals surface area contributed by atoms with Gasteiger partial charge in [0.15, 0.2) is 16.6 Å². The second kappa shape index (κ2) is 6.36. The predicted molar refractivity (Wildman–Crippen MR) is 86.8 cm³/mol. The summed E-state index contributed by atoms with van der Waals surface area (Å²) in [5.74, 6) is 0.311. The van der Waals surface area contributed by atoms with Crippen LogP contribution in [0, 0.1) is 0 Å². The van der Waals surface area contributed by atoms with Crippen molar-refractivity contribution in [2.24, 2.45) is 0 Å². The maximum absolute atomic E-state index is 11.8. The first-order valence-corrected chi connectivity index (χ1v) is 8.63. The van der Waals surface area contributed by atoms with Crippen LogP contribution in [0.5, 0.6) is 0 Å². The second-order valence-corrected chi connectivity index (χ2v) is 8.35. The highest BCUT2D eigenvalue weighted by Gasteiger charge is 2.28. The van der Waals surface area contributed by atoms with Crippen molar-refractivity contribution in [3.8, 4) is 0 Å². The average molecular weight is 328 g/mol. The van der Waals surface area contributed by atoms with Crippen LogP contribution in [-0.2, 0) is 4.74 Å². The number of anilines is 1. The van der Waals surface area contributed by atoms with Gasteiger partial charge in [-0.2, -0.15) is 11.8 Å². The molecule has 2 rings (SSSR count). The Morgan fingerprint density at radius 2 is 2.05 bits per heavy atom. The van der Waals surface area contributed by atoms with Crippen LogP contribution in [-0.4, -0.2) is 47.4 Å². The highest BCUT2D eigenvalue weighted by atomic mass is 32.2.